The molecule has 2 aliphatic rings. The number of alkyl carbamates (subject to hydrolysis) is 1. The Labute approximate surface area is 158 Å². The number of rotatable bonds is 4. The lowest BCUT2D eigenvalue weighted by atomic mass is 9.73. The van der Waals surface area contributed by atoms with Gasteiger partial charge in [0.05, 0.1) is 7.11 Å². The Hall–Kier alpha value is -2.64. The number of nitrogens with one attached hydrogen (secondary N) is 1. The summed E-state index contributed by atoms with van der Waals surface area (Å²) in [4.78, 5) is 43.8. The molecule has 8 heteroatoms. The van der Waals surface area contributed by atoms with Gasteiger partial charge in [0.1, 0.15) is 6.54 Å². The molecule has 3 amide bonds. The van der Waals surface area contributed by atoms with Crippen LogP contribution in [0.5, 0.6) is 0 Å². The average molecular weight is 374 g/mol. The standard InChI is InChI=1S/C19H26N4O4/c1-27-18(26)21-11-17(25)22-10-2-6-19(13-22)7-3-16(24)23(14-19)12-15-4-8-20-9-5-15/h4-5,8-9H,2-3,6-7,10-14H2,1H3,(H,21,26)/t19-/m1/s1. The van der Waals surface area contributed by atoms with E-state index >= 15 is 0 Å². The van der Waals surface area contributed by atoms with Crippen molar-refractivity contribution in [2.75, 3.05) is 33.3 Å². The number of hydrogen-bond acceptors (Lipinski definition) is 5. The van der Waals surface area contributed by atoms with Crippen LogP contribution in [0.3, 0.4) is 0 Å². The van der Waals surface area contributed by atoms with Crippen LogP contribution in [0.1, 0.15) is 31.2 Å². The number of carbonyl (C=O) groups excluding carboxylic acids is 3. The van der Waals surface area contributed by atoms with Crippen LogP contribution in [-0.2, 0) is 20.9 Å². The Kier molecular flexibility index (Phi) is 5.93. The highest BCUT2D eigenvalue weighted by Gasteiger charge is 2.42. The lowest BCUT2D eigenvalue weighted by Crippen LogP contribution is -2.55. The molecular formula is C19H26N4O4. The van der Waals surface area contributed by atoms with E-state index in [2.05, 4.69) is 15.0 Å². The van der Waals surface area contributed by atoms with Crippen LogP contribution in [0.4, 0.5) is 4.79 Å². The predicted molar refractivity (Wildman–Crippen MR) is 97.5 cm³/mol. The molecule has 2 saturated heterocycles. The van der Waals surface area contributed by atoms with Crippen LogP contribution >= 0.6 is 0 Å². The molecule has 0 radical (unpaired) electrons. The summed E-state index contributed by atoms with van der Waals surface area (Å²) in [7, 11) is 1.27. The normalized spacial score (nSPS) is 22.6. The minimum atomic E-state index is -0.609. The molecule has 8 nitrogen and oxygen atoms in total. The number of methoxy groups -OCH3 is 1. The largest absolute Gasteiger partial charge is 0.453 e. The fourth-order valence-corrected chi connectivity index (χ4v) is 4.04. The summed E-state index contributed by atoms with van der Waals surface area (Å²) in [6.07, 6.45) is 6.06. The monoisotopic (exact) mass is 374 g/mol. The van der Waals surface area contributed by atoms with Gasteiger partial charge in [-0.1, -0.05) is 0 Å². The third kappa shape index (κ3) is 4.75. The Morgan fingerprint density at radius 1 is 1.26 bits per heavy atom. The molecule has 1 aromatic heterocycles. The van der Waals surface area contributed by atoms with Crippen LogP contribution < -0.4 is 5.32 Å². The van der Waals surface area contributed by atoms with E-state index in [-0.39, 0.29) is 23.8 Å². The first-order chi connectivity index (χ1) is 13.0. The highest BCUT2D eigenvalue weighted by Crippen LogP contribution is 2.39. The third-order valence-corrected chi connectivity index (χ3v) is 5.45. The average Bonchev–Trinajstić information content (AvgIpc) is 2.69. The van der Waals surface area contributed by atoms with E-state index in [9.17, 15) is 14.4 Å². The first-order valence-electron chi connectivity index (χ1n) is 9.28. The van der Waals surface area contributed by atoms with E-state index in [4.69, 9.17) is 0 Å². The molecule has 2 fully saturated rings. The predicted octanol–water partition coefficient (Wildman–Crippen LogP) is 1.17. The molecule has 0 aliphatic carbocycles. The second kappa shape index (κ2) is 8.37. The van der Waals surface area contributed by atoms with Gasteiger partial charge in [0, 0.05) is 50.4 Å². The van der Waals surface area contributed by atoms with Gasteiger partial charge in [-0.25, -0.2) is 4.79 Å². The molecule has 1 atom stereocenters. The molecule has 3 heterocycles. The number of likely N-dealkylation sites (tertiary alicyclic amines) is 2. The Balaban J connectivity index is 1.63. The van der Waals surface area contributed by atoms with Gasteiger partial charge in [-0.2, -0.15) is 0 Å². The fourth-order valence-electron chi connectivity index (χ4n) is 4.04. The SMILES string of the molecule is COC(=O)NCC(=O)N1CCC[C@@]2(CCC(=O)N(Cc3ccncc3)C2)C1. The van der Waals surface area contributed by atoms with Crippen LogP contribution in [0, 0.1) is 5.41 Å². The zero-order chi connectivity index (χ0) is 19.3. The van der Waals surface area contributed by atoms with Gasteiger partial charge in [0.2, 0.25) is 11.8 Å². The van der Waals surface area contributed by atoms with E-state index in [1.54, 1.807) is 17.3 Å². The van der Waals surface area contributed by atoms with Gasteiger partial charge < -0.3 is 19.9 Å². The lowest BCUT2D eigenvalue weighted by Gasteiger charge is -2.48. The minimum absolute atomic E-state index is 0.0671. The molecule has 0 bridgehead atoms. The Morgan fingerprint density at radius 3 is 2.78 bits per heavy atom. The molecule has 2 aliphatic heterocycles. The molecule has 0 unspecified atom stereocenters. The number of piperidine rings is 2. The number of aromatic nitrogens is 1. The molecule has 27 heavy (non-hydrogen) atoms. The highest BCUT2D eigenvalue weighted by molar-refractivity contribution is 5.82. The number of ether oxygens (including phenoxy) is 1. The van der Waals surface area contributed by atoms with Crippen molar-refractivity contribution in [1.82, 2.24) is 20.1 Å². The zero-order valence-electron chi connectivity index (χ0n) is 15.6. The van der Waals surface area contributed by atoms with Gasteiger partial charge in [-0.05, 0) is 37.0 Å². The first kappa shape index (κ1) is 19.1. The lowest BCUT2D eigenvalue weighted by molar-refractivity contribution is -0.143. The van der Waals surface area contributed by atoms with Gasteiger partial charge in [0.15, 0.2) is 0 Å². The first-order valence-corrected chi connectivity index (χ1v) is 9.28. The number of amides is 3. The maximum atomic E-state index is 12.4. The Morgan fingerprint density at radius 2 is 2.04 bits per heavy atom. The smallest absolute Gasteiger partial charge is 0.407 e. The van der Waals surface area contributed by atoms with E-state index in [1.165, 1.54) is 7.11 Å². The van der Waals surface area contributed by atoms with Crippen molar-refractivity contribution in [2.45, 2.75) is 32.2 Å². The van der Waals surface area contributed by atoms with Gasteiger partial charge in [-0.3, -0.25) is 14.6 Å². The van der Waals surface area contributed by atoms with Crippen molar-refractivity contribution in [2.24, 2.45) is 5.41 Å². The molecule has 1 aromatic rings. The highest BCUT2D eigenvalue weighted by atomic mass is 16.5. The molecule has 0 saturated carbocycles. The van der Waals surface area contributed by atoms with Crippen molar-refractivity contribution >= 4 is 17.9 Å². The quantitative estimate of drug-likeness (QED) is 0.854. The summed E-state index contributed by atoms with van der Waals surface area (Å²) in [5.74, 6) is 0.0466. The van der Waals surface area contributed by atoms with Crippen LogP contribution in [0.15, 0.2) is 24.5 Å². The fraction of sp³-hybridized carbons (Fsp3) is 0.579. The zero-order valence-corrected chi connectivity index (χ0v) is 15.6. The maximum absolute atomic E-state index is 12.4. The summed E-state index contributed by atoms with van der Waals surface area (Å²) < 4.78 is 4.51. The van der Waals surface area contributed by atoms with E-state index in [0.29, 0.717) is 32.6 Å². The second-order valence-corrected chi connectivity index (χ2v) is 7.37. The van der Waals surface area contributed by atoms with Crippen LogP contribution in [0.25, 0.3) is 0 Å². The van der Waals surface area contributed by atoms with Crippen molar-refractivity contribution < 1.29 is 19.1 Å². The second-order valence-electron chi connectivity index (χ2n) is 7.37. The van der Waals surface area contributed by atoms with Gasteiger partial charge in [0.25, 0.3) is 0 Å². The molecular weight excluding hydrogens is 348 g/mol. The summed E-state index contributed by atoms with van der Waals surface area (Å²) in [5, 5.41) is 2.45. The van der Waals surface area contributed by atoms with Crippen molar-refractivity contribution in [1.29, 1.82) is 0 Å². The number of carbonyl (C=O) groups is 3. The van der Waals surface area contributed by atoms with Crippen molar-refractivity contribution in [3.8, 4) is 0 Å². The van der Waals surface area contributed by atoms with Crippen LogP contribution in [-0.4, -0.2) is 66.0 Å². The minimum Gasteiger partial charge on any atom is -0.453 e. The van der Waals surface area contributed by atoms with Gasteiger partial charge in [-0.15, -0.1) is 0 Å². The molecule has 1 N–H and O–H groups in total. The van der Waals surface area contributed by atoms with Gasteiger partial charge >= 0.3 is 6.09 Å². The number of hydrogen-bond donors (Lipinski definition) is 1. The van der Waals surface area contributed by atoms with Crippen LogP contribution in [0.2, 0.25) is 0 Å². The number of pyridine rings is 1. The number of nitrogens with zero attached hydrogens (tertiary/aromatic N) is 3. The summed E-state index contributed by atoms with van der Waals surface area (Å²) in [6, 6.07) is 3.84. The summed E-state index contributed by atoms with van der Waals surface area (Å²) >= 11 is 0. The maximum Gasteiger partial charge on any atom is 0.407 e. The van der Waals surface area contributed by atoms with Crippen molar-refractivity contribution in [3.63, 3.8) is 0 Å². The molecule has 0 aromatic carbocycles. The molecule has 1 spiro atoms. The molecule has 3 rings (SSSR count). The summed E-state index contributed by atoms with van der Waals surface area (Å²) in [6.45, 7) is 2.46. The van der Waals surface area contributed by atoms with E-state index < -0.39 is 6.09 Å². The Bertz CT molecular complexity index is 696. The molecule has 146 valence electrons. The topological polar surface area (TPSA) is 91.8 Å². The third-order valence-electron chi connectivity index (χ3n) is 5.45. The van der Waals surface area contributed by atoms with E-state index in [0.717, 1.165) is 24.8 Å². The summed E-state index contributed by atoms with van der Waals surface area (Å²) in [5.41, 5.74) is 0.988. The van der Waals surface area contributed by atoms with E-state index in [1.807, 2.05) is 17.0 Å². The van der Waals surface area contributed by atoms with Crippen molar-refractivity contribution in [3.05, 3.63) is 30.1 Å².